The van der Waals surface area contributed by atoms with Crippen LogP contribution in [0.5, 0.6) is 5.75 Å². The minimum absolute atomic E-state index is 0.583. The van der Waals surface area contributed by atoms with Gasteiger partial charge in [-0.05, 0) is 49.3 Å². The molecule has 258 valence electrons. The smallest absolute Gasteiger partial charge is 0.121 e. The first-order valence-corrected chi connectivity index (χ1v) is 20.5. The first kappa shape index (κ1) is 41.0. The third kappa shape index (κ3) is 24.3. The summed E-state index contributed by atoms with van der Waals surface area (Å²) in [5.41, 5.74) is 3.72. The Morgan fingerprint density at radius 2 is 0.636 bits per heavy atom. The minimum atomic E-state index is 0.583. The molecule has 0 heterocycles. The van der Waals surface area contributed by atoms with Crippen LogP contribution < -0.4 is 0 Å². The average molecular weight is 613 g/mol. The van der Waals surface area contributed by atoms with E-state index in [1.165, 1.54) is 217 Å². The van der Waals surface area contributed by atoms with Crippen molar-refractivity contribution in [3.8, 4) is 5.75 Å². The fraction of sp³-hybridized carbons (Fsp3) is 0.860. The number of phenols is 1. The van der Waals surface area contributed by atoms with Crippen LogP contribution >= 0.6 is 0 Å². The summed E-state index contributed by atoms with van der Waals surface area (Å²) in [7, 11) is 0. The van der Waals surface area contributed by atoms with Gasteiger partial charge in [0.1, 0.15) is 5.75 Å². The van der Waals surface area contributed by atoms with E-state index in [1.807, 2.05) is 0 Å². The van der Waals surface area contributed by atoms with E-state index in [-0.39, 0.29) is 0 Å². The average Bonchev–Trinajstić information content (AvgIpc) is 3.03. The summed E-state index contributed by atoms with van der Waals surface area (Å²) in [6, 6.07) is 4.44. The van der Waals surface area contributed by atoms with Crippen LogP contribution in [0.1, 0.15) is 236 Å². The molecular weight excluding hydrogens is 532 g/mol. The number of benzene rings is 1. The van der Waals surface area contributed by atoms with Gasteiger partial charge in [-0.25, -0.2) is 0 Å². The lowest BCUT2D eigenvalue weighted by atomic mass is 9.93. The minimum Gasteiger partial charge on any atom is -0.507 e. The monoisotopic (exact) mass is 613 g/mol. The Hall–Kier alpha value is -0.980. The Kier molecular flexibility index (Phi) is 29.8. The van der Waals surface area contributed by atoms with Crippen molar-refractivity contribution in [1.82, 2.24) is 0 Å². The van der Waals surface area contributed by atoms with Gasteiger partial charge in [0.15, 0.2) is 0 Å². The molecule has 1 rings (SSSR count). The van der Waals surface area contributed by atoms with Gasteiger partial charge in [-0.3, -0.25) is 0 Å². The zero-order valence-corrected chi connectivity index (χ0v) is 30.6. The number of phenolic OH excluding ortho intramolecular Hbond substituents is 1. The van der Waals surface area contributed by atoms with Gasteiger partial charge in [-0.15, -0.1) is 0 Å². The molecule has 1 heteroatoms. The zero-order valence-electron chi connectivity index (χ0n) is 30.6. The SMILES string of the molecule is CCCCCCCCCCCCCCCCCCc1ccc(C)c(O)c1CCCCCCCCCCCCCCCCCC. The van der Waals surface area contributed by atoms with E-state index in [9.17, 15) is 5.11 Å². The van der Waals surface area contributed by atoms with Gasteiger partial charge in [-0.1, -0.05) is 219 Å². The summed E-state index contributed by atoms with van der Waals surface area (Å²) in [6.45, 7) is 6.66. The Morgan fingerprint density at radius 1 is 0.364 bits per heavy atom. The van der Waals surface area contributed by atoms with Crippen molar-refractivity contribution in [3.05, 3.63) is 28.8 Å². The number of hydrogen-bond acceptors (Lipinski definition) is 1. The van der Waals surface area contributed by atoms with Crippen molar-refractivity contribution in [2.75, 3.05) is 0 Å². The van der Waals surface area contributed by atoms with Crippen molar-refractivity contribution < 1.29 is 5.11 Å². The van der Waals surface area contributed by atoms with Gasteiger partial charge in [0.2, 0.25) is 0 Å². The molecule has 0 bridgehead atoms. The molecule has 0 unspecified atom stereocenters. The number of rotatable bonds is 34. The number of hydrogen-bond donors (Lipinski definition) is 1. The van der Waals surface area contributed by atoms with Crippen LogP contribution in [0.25, 0.3) is 0 Å². The first-order chi connectivity index (χ1) is 21.7. The molecule has 0 fully saturated rings. The third-order valence-electron chi connectivity index (χ3n) is 10.2. The van der Waals surface area contributed by atoms with Crippen LogP contribution in [-0.4, -0.2) is 5.11 Å². The van der Waals surface area contributed by atoms with Crippen molar-refractivity contribution in [1.29, 1.82) is 0 Å². The van der Waals surface area contributed by atoms with Gasteiger partial charge < -0.3 is 5.11 Å². The van der Waals surface area contributed by atoms with Crippen LogP contribution in [0.2, 0.25) is 0 Å². The molecule has 0 aromatic heterocycles. The topological polar surface area (TPSA) is 20.2 Å². The Balaban J connectivity index is 2.01. The van der Waals surface area contributed by atoms with Crippen molar-refractivity contribution in [2.45, 2.75) is 239 Å². The maximum Gasteiger partial charge on any atom is 0.121 e. The molecule has 0 radical (unpaired) electrons. The van der Waals surface area contributed by atoms with Gasteiger partial charge in [0.05, 0.1) is 0 Å². The molecule has 0 spiro atoms. The highest BCUT2D eigenvalue weighted by molar-refractivity contribution is 5.45. The third-order valence-corrected chi connectivity index (χ3v) is 10.2. The number of aryl methyl sites for hydroxylation is 2. The second-order valence-electron chi connectivity index (χ2n) is 14.5. The lowest BCUT2D eigenvalue weighted by Gasteiger charge is -2.14. The largest absolute Gasteiger partial charge is 0.507 e. The van der Waals surface area contributed by atoms with E-state index in [1.54, 1.807) is 0 Å². The summed E-state index contributed by atoms with van der Waals surface area (Å²) < 4.78 is 0. The van der Waals surface area contributed by atoms with Crippen molar-refractivity contribution >= 4 is 0 Å². The first-order valence-electron chi connectivity index (χ1n) is 20.5. The molecule has 1 aromatic rings. The Labute approximate surface area is 278 Å². The molecule has 44 heavy (non-hydrogen) atoms. The molecule has 0 aliphatic carbocycles. The van der Waals surface area contributed by atoms with Crippen LogP contribution in [-0.2, 0) is 12.8 Å². The van der Waals surface area contributed by atoms with Gasteiger partial charge >= 0.3 is 0 Å². The Bertz CT molecular complexity index is 722. The molecular formula is C43H80O. The van der Waals surface area contributed by atoms with E-state index >= 15 is 0 Å². The highest BCUT2D eigenvalue weighted by Crippen LogP contribution is 2.29. The highest BCUT2D eigenvalue weighted by atomic mass is 16.3. The molecule has 0 aliphatic heterocycles. The van der Waals surface area contributed by atoms with Gasteiger partial charge in [-0.2, -0.15) is 0 Å². The Morgan fingerprint density at radius 3 is 0.955 bits per heavy atom. The molecule has 1 nitrogen and oxygen atoms in total. The van der Waals surface area contributed by atoms with E-state index in [0.29, 0.717) is 5.75 Å². The van der Waals surface area contributed by atoms with E-state index < -0.39 is 0 Å². The van der Waals surface area contributed by atoms with Crippen LogP contribution in [0.15, 0.2) is 12.1 Å². The standard InChI is InChI=1S/C43H80O/c1-4-6-8-10-12-14-16-18-20-22-24-26-28-30-32-34-36-41-39-38-40(3)43(44)42(41)37-35-33-31-29-27-25-23-21-19-17-15-13-11-9-7-5-2/h38-39,44H,4-37H2,1-3H3. The summed E-state index contributed by atoms with van der Waals surface area (Å²) in [6.07, 6.45) is 47.4. The molecule has 0 saturated carbocycles. The fourth-order valence-corrected chi connectivity index (χ4v) is 7.02. The van der Waals surface area contributed by atoms with E-state index in [2.05, 4.69) is 32.9 Å². The number of aromatic hydroxyl groups is 1. The predicted octanol–water partition coefficient (Wildman–Crippen LogP) is 15.3. The van der Waals surface area contributed by atoms with E-state index in [0.717, 1.165) is 18.4 Å². The second-order valence-corrected chi connectivity index (χ2v) is 14.5. The zero-order chi connectivity index (χ0) is 31.8. The fourth-order valence-electron chi connectivity index (χ4n) is 7.02. The van der Waals surface area contributed by atoms with Crippen molar-refractivity contribution in [3.63, 3.8) is 0 Å². The molecule has 0 aliphatic rings. The quantitative estimate of drug-likeness (QED) is 0.0768. The molecule has 0 saturated heterocycles. The molecule has 0 amide bonds. The maximum absolute atomic E-state index is 10.8. The number of unbranched alkanes of at least 4 members (excludes halogenated alkanes) is 30. The van der Waals surface area contributed by atoms with E-state index in [4.69, 9.17) is 0 Å². The molecule has 0 atom stereocenters. The van der Waals surface area contributed by atoms with Gasteiger partial charge in [0.25, 0.3) is 0 Å². The lowest BCUT2D eigenvalue weighted by molar-refractivity contribution is 0.459. The molecule has 1 aromatic carbocycles. The normalized spacial score (nSPS) is 11.5. The van der Waals surface area contributed by atoms with Crippen LogP contribution in [0.4, 0.5) is 0 Å². The van der Waals surface area contributed by atoms with Gasteiger partial charge in [0, 0.05) is 0 Å². The highest BCUT2D eigenvalue weighted by Gasteiger charge is 2.10. The summed E-state index contributed by atoms with van der Waals surface area (Å²) in [5, 5.41) is 10.8. The van der Waals surface area contributed by atoms with Crippen molar-refractivity contribution in [2.24, 2.45) is 0 Å². The second kappa shape index (κ2) is 32.0. The maximum atomic E-state index is 10.8. The molecule has 1 N–H and O–H groups in total. The summed E-state index contributed by atoms with van der Waals surface area (Å²) in [5.74, 6) is 0.583. The lowest BCUT2D eigenvalue weighted by Crippen LogP contribution is -1.98. The summed E-state index contributed by atoms with van der Waals surface area (Å²) >= 11 is 0. The van der Waals surface area contributed by atoms with Crippen LogP contribution in [0, 0.1) is 6.92 Å². The summed E-state index contributed by atoms with van der Waals surface area (Å²) in [4.78, 5) is 0. The predicted molar refractivity (Wildman–Crippen MR) is 199 cm³/mol. The van der Waals surface area contributed by atoms with Crippen LogP contribution in [0.3, 0.4) is 0 Å².